The summed E-state index contributed by atoms with van der Waals surface area (Å²) < 4.78 is 0. The third-order valence-corrected chi connectivity index (χ3v) is 6.27. The predicted molar refractivity (Wildman–Crippen MR) is 124 cm³/mol. The Balaban J connectivity index is 1.56. The summed E-state index contributed by atoms with van der Waals surface area (Å²) in [4.78, 5) is 17.3. The fourth-order valence-electron chi connectivity index (χ4n) is 4.50. The Morgan fingerprint density at radius 3 is 2.40 bits per heavy atom. The van der Waals surface area contributed by atoms with Gasteiger partial charge in [0.25, 0.3) is 0 Å². The summed E-state index contributed by atoms with van der Waals surface area (Å²) in [6.45, 7) is 8.50. The number of nitrogens with zero attached hydrogens (tertiary/aromatic N) is 5. The van der Waals surface area contributed by atoms with Gasteiger partial charge in [-0.05, 0) is 31.0 Å². The lowest BCUT2D eigenvalue weighted by Crippen LogP contribution is -2.46. The molecule has 2 aromatic carbocycles. The number of aromatic nitrogens is 2. The molecule has 2 aliphatic rings. The van der Waals surface area contributed by atoms with Crippen molar-refractivity contribution in [3.63, 3.8) is 0 Å². The molecule has 0 N–H and O–H groups in total. The highest BCUT2D eigenvalue weighted by molar-refractivity contribution is 5.69. The van der Waals surface area contributed by atoms with Crippen LogP contribution < -0.4 is 9.80 Å². The van der Waals surface area contributed by atoms with Crippen LogP contribution >= 0.6 is 0 Å². The second-order valence-electron chi connectivity index (χ2n) is 8.08. The molecule has 1 aromatic heterocycles. The molecule has 0 bridgehead atoms. The smallest absolute Gasteiger partial charge is 0.232 e. The standard InChI is InChI=1S/C25H29N5/c1-2-28-15-17-29(18-16-28)24-19-22(20-9-4-3-5-10-20)26-25(27-24)30-14-8-12-21-11-6-7-13-23(21)30/h3-7,9-11,13,19H,2,8,12,14-18H2,1H3. The van der Waals surface area contributed by atoms with Gasteiger partial charge in [-0.15, -0.1) is 0 Å². The fourth-order valence-corrected chi connectivity index (χ4v) is 4.50. The SMILES string of the molecule is CCN1CCN(c2cc(-c3ccccc3)nc(N3CCCc4ccccc43)n2)CC1. The van der Waals surface area contributed by atoms with Gasteiger partial charge >= 0.3 is 0 Å². The maximum atomic E-state index is 5.08. The first-order valence-corrected chi connectivity index (χ1v) is 11.1. The van der Waals surface area contributed by atoms with Gasteiger partial charge in [-0.3, -0.25) is 0 Å². The molecule has 0 amide bonds. The van der Waals surface area contributed by atoms with Gasteiger partial charge in [0.05, 0.1) is 5.69 Å². The van der Waals surface area contributed by atoms with Crippen molar-refractivity contribution in [3.05, 3.63) is 66.2 Å². The van der Waals surface area contributed by atoms with E-state index >= 15 is 0 Å². The van der Waals surface area contributed by atoms with Crippen molar-refractivity contribution in [3.8, 4) is 11.3 Å². The molecule has 154 valence electrons. The maximum Gasteiger partial charge on any atom is 0.232 e. The molecule has 30 heavy (non-hydrogen) atoms. The highest BCUT2D eigenvalue weighted by Gasteiger charge is 2.23. The number of anilines is 3. The molecule has 3 aromatic rings. The number of likely N-dealkylation sites (N-methyl/N-ethyl adjacent to an activating group) is 1. The van der Waals surface area contributed by atoms with Crippen LogP contribution in [-0.2, 0) is 6.42 Å². The van der Waals surface area contributed by atoms with E-state index in [1.54, 1.807) is 0 Å². The van der Waals surface area contributed by atoms with Gasteiger partial charge < -0.3 is 14.7 Å². The lowest BCUT2D eigenvalue weighted by atomic mass is 10.0. The van der Waals surface area contributed by atoms with E-state index in [9.17, 15) is 0 Å². The van der Waals surface area contributed by atoms with Gasteiger partial charge in [-0.2, -0.15) is 4.98 Å². The third-order valence-electron chi connectivity index (χ3n) is 6.27. The number of hydrogen-bond acceptors (Lipinski definition) is 5. The van der Waals surface area contributed by atoms with Crippen molar-refractivity contribution in [1.82, 2.24) is 14.9 Å². The van der Waals surface area contributed by atoms with Crippen molar-refractivity contribution >= 4 is 17.5 Å². The zero-order valence-electron chi connectivity index (χ0n) is 17.7. The van der Waals surface area contributed by atoms with Crippen LogP contribution in [0, 0.1) is 0 Å². The van der Waals surface area contributed by atoms with E-state index in [0.717, 1.165) is 75.1 Å². The van der Waals surface area contributed by atoms with Crippen LogP contribution in [0.15, 0.2) is 60.7 Å². The normalized spacial score (nSPS) is 17.1. The van der Waals surface area contributed by atoms with E-state index in [2.05, 4.69) is 82.3 Å². The Morgan fingerprint density at radius 2 is 1.60 bits per heavy atom. The summed E-state index contributed by atoms with van der Waals surface area (Å²) >= 11 is 0. The Bertz CT molecular complexity index is 995. The molecule has 5 heteroatoms. The molecule has 1 fully saturated rings. The number of benzene rings is 2. The third kappa shape index (κ3) is 3.77. The lowest BCUT2D eigenvalue weighted by molar-refractivity contribution is 0.270. The fraction of sp³-hybridized carbons (Fsp3) is 0.360. The molecular formula is C25H29N5. The first-order valence-electron chi connectivity index (χ1n) is 11.1. The van der Waals surface area contributed by atoms with Crippen molar-refractivity contribution in [2.75, 3.05) is 49.1 Å². The van der Waals surface area contributed by atoms with E-state index < -0.39 is 0 Å². The number of piperazine rings is 1. The van der Waals surface area contributed by atoms with E-state index in [1.807, 2.05) is 0 Å². The van der Waals surface area contributed by atoms with Crippen LogP contribution in [0.5, 0.6) is 0 Å². The van der Waals surface area contributed by atoms with E-state index in [-0.39, 0.29) is 0 Å². The molecular weight excluding hydrogens is 370 g/mol. The van der Waals surface area contributed by atoms with Crippen LogP contribution in [0.25, 0.3) is 11.3 Å². The zero-order valence-corrected chi connectivity index (χ0v) is 17.7. The summed E-state index contributed by atoms with van der Waals surface area (Å²) in [6.07, 6.45) is 2.25. The van der Waals surface area contributed by atoms with Crippen molar-refractivity contribution < 1.29 is 0 Å². The number of fused-ring (bicyclic) bond motifs is 1. The minimum absolute atomic E-state index is 0.816. The molecule has 5 nitrogen and oxygen atoms in total. The molecule has 2 aliphatic heterocycles. The average Bonchev–Trinajstić information content (AvgIpc) is 2.84. The molecule has 0 spiro atoms. The van der Waals surface area contributed by atoms with Crippen molar-refractivity contribution in [1.29, 1.82) is 0 Å². The average molecular weight is 400 g/mol. The highest BCUT2D eigenvalue weighted by atomic mass is 15.3. The molecule has 0 atom stereocenters. The summed E-state index contributed by atoms with van der Waals surface area (Å²) in [5.74, 6) is 1.86. The van der Waals surface area contributed by atoms with Crippen LogP contribution in [0.3, 0.4) is 0 Å². The molecule has 0 saturated carbocycles. The van der Waals surface area contributed by atoms with Gasteiger partial charge in [0.1, 0.15) is 5.82 Å². The quantitative estimate of drug-likeness (QED) is 0.651. The molecule has 3 heterocycles. The van der Waals surface area contributed by atoms with Gasteiger partial charge in [0, 0.05) is 50.0 Å². The minimum Gasteiger partial charge on any atom is -0.354 e. The molecule has 1 saturated heterocycles. The molecule has 0 aliphatic carbocycles. The summed E-state index contributed by atoms with van der Waals surface area (Å²) in [6, 6.07) is 21.3. The molecule has 5 rings (SSSR count). The number of hydrogen-bond donors (Lipinski definition) is 0. The summed E-state index contributed by atoms with van der Waals surface area (Å²) in [7, 11) is 0. The second kappa shape index (κ2) is 8.44. The monoisotopic (exact) mass is 399 g/mol. The Morgan fingerprint density at radius 1 is 0.833 bits per heavy atom. The van der Waals surface area contributed by atoms with Crippen LogP contribution in [0.4, 0.5) is 17.5 Å². The predicted octanol–water partition coefficient (Wildman–Crippen LogP) is 4.37. The van der Waals surface area contributed by atoms with E-state index in [1.165, 1.54) is 11.3 Å². The Labute approximate surface area is 179 Å². The minimum atomic E-state index is 0.816. The largest absolute Gasteiger partial charge is 0.354 e. The Hall–Kier alpha value is -2.92. The van der Waals surface area contributed by atoms with Crippen molar-refractivity contribution in [2.45, 2.75) is 19.8 Å². The van der Waals surface area contributed by atoms with E-state index in [0.29, 0.717) is 0 Å². The number of rotatable bonds is 4. The van der Waals surface area contributed by atoms with E-state index in [4.69, 9.17) is 9.97 Å². The van der Waals surface area contributed by atoms with Crippen LogP contribution in [0.1, 0.15) is 18.9 Å². The maximum absolute atomic E-state index is 5.08. The first-order chi connectivity index (χ1) is 14.8. The highest BCUT2D eigenvalue weighted by Crippen LogP contribution is 2.34. The van der Waals surface area contributed by atoms with Gasteiger partial charge in [0.15, 0.2) is 0 Å². The molecule has 0 radical (unpaired) electrons. The number of aryl methyl sites for hydroxylation is 1. The van der Waals surface area contributed by atoms with Gasteiger partial charge in [-0.1, -0.05) is 55.5 Å². The van der Waals surface area contributed by atoms with Crippen molar-refractivity contribution in [2.24, 2.45) is 0 Å². The van der Waals surface area contributed by atoms with Gasteiger partial charge in [-0.25, -0.2) is 4.98 Å². The summed E-state index contributed by atoms with van der Waals surface area (Å²) in [5, 5.41) is 0. The zero-order chi connectivity index (χ0) is 20.3. The number of para-hydroxylation sites is 1. The van der Waals surface area contributed by atoms with Crippen LogP contribution in [-0.4, -0.2) is 54.1 Å². The Kier molecular flexibility index (Phi) is 5.37. The second-order valence-corrected chi connectivity index (χ2v) is 8.08. The first kappa shape index (κ1) is 19.1. The van der Waals surface area contributed by atoms with Crippen LogP contribution in [0.2, 0.25) is 0 Å². The summed E-state index contributed by atoms with van der Waals surface area (Å²) in [5.41, 5.74) is 4.77. The lowest BCUT2D eigenvalue weighted by Gasteiger charge is -2.36. The van der Waals surface area contributed by atoms with Gasteiger partial charge in [0.2, 0.25) is 5.95 Å². The topological polar surface area (TPSA) is 35.5 Å². The molecule has 0 unspecified atom stereocenters.